The smallest absolute Gasteiger partial charge is 0.358 e. The number of aromatic nitrogens is 2. The predicted molar refractivity (Wildman–Crippen MR) is 57.7 cm³/mol. The summed E-state index contributed by atoms with van der Waals surface area (Å²) in [4.78, 5) is 11.3. The van der Waals surface area contributed by atoms with Crippen molar-refractivity contribution >= 4 is 5.97 Å². The Bertz CT molecular complexity index is 318. The topological polar surface area (TPSA) is 55.0 Å². The molecule has 4 nitrogen and oxygen atoms in total. The minimum Gasteiger partial charge on any atom is -0.461 e. The molecule has 1 heterocycles. The van der Waals surface area contributed by atoms with Gasteiger partial charge in [-0.1, -0.05) is 13.8 Å². The molecule has 84 valence electrons. The second-order valence-electron chi connectivity index (χ2n) is 3.93. The molecule has 15 heavy (non-hydrogen) atoms. The van der Waals surface area contributed by atoms with Crippen LogP contribution in [-0.2, 0) is 11.2 Å². The molecule has 0 amide bonds. The molecule has 0 saturated carbocycles. The highest BCUT2D eigenvalue weighted by Crippen LogP contribution is 2.08. The van der Waals surface area contributed by atoms with Crippen LogP contribution in [0.3, 0.4) is 0 Å². The van der Waals surface area contributed by atoms with Crippen LogP contribution in [0.1, 0.15) is 43.4 Å². The molecule has 0 spiro atoms. The molecule has 0 fully saturated rings. The molecular formula is C11H18N2O2. The zero-order valence-corrected chi connectivity index (χ0v) is 9.54. The minimum atomic E-state index is -0.357. The third kappa shape index (κ3) is 3.73. The van der Waals surface area contributed by atoms with Crippen molar-refractivity contribution in [1.82, 2.24) is 10.2 Å². The number of aromatic amines is 1. The lowest BCUT2D eigenvalue weighted by Crippen LogP contribution is -2.04. The maximum Gasteiger partial charge on any atom is 0.358 e. The molecule has 0 atom stereocenters. The van der Waals surface area contributed by atoms with E-state index in [0.717, 1.165) is 18.5 Å². The number of hydrogen-bond acceptors (Lipinski definition) is 3. The lowest BCUT2D eigenvalue weighted by Gasteiger charge is -2.00. The summed E-state index contributed by atoms with van der Waals surface area (Å²) < 4.78 is 4.85. The lowest BCUT2D eigenvalue weighted by molar-refractivity contribution is 0.0519. The summed E-state index contributed by atoms with van der Waals surface area (Å²) in [6.07, 6.45) is 2.01. The second-order valence-corrected chi connectivity index (χ2v) is 3.93. The highest BCUT2D eigenvalue weighted by Gasteiger charge is 2.10. The van der Waals surface area contributed by atoms with E-state index in [9.17, 15) is 4.79 Å². The molecule has 0 aliphatic heterocycles. The molecule has 0 aromatic carbocycles. The minimum absolute atomic E-state index is 0.357. The van der Waals surface area contributed by atoms with Crippen LogP contribution >= 0.6 is 0 Å². The first-order chi connectivity index (χ1) is 7.13. The molecule has 1 aromatic heterocycles. The molecule has 0 radical (unpaired) electrons. The fourth-order valence-corrected chi connectivity index (χ4v) is 1.24. The summed E-state index contributed by atoms with van der Waals surface area (Å²) in [6, 6.07) is 1.76. The number of nitrogens with zero attached hydrogens (tertiary/aromatic N) is 1. The molecule has 4 heteroatoms. The largest absolute Gasteiger partial charge is 0.461 e. The average molecular weight is 210 g/mol. The van der Waals surface area contributed by atoms with Gasteiger partial charge in [-0.2, -0.15) is 5.10 Å². The van der Waals surface area contributed by atoms with Crippen LogP contribution in [0.25, 0.3) is 0 Å². The van der Waals surface area contributed by atoms with Gasteiger partial charge in [0.1, 0.15) is 0 Å². The van der Waals surface area contributed by atoms with Gasteiger partial charge < -0.3 is 4.74 Å². The van der Waals surface area contributed by atoms with E-state index < -0.39 is 0 Å². The van der Waals surface area contributed by atoms with Gasteiger partial charge in [-0.25, -0.2) is 4.79 Å². The molecular weight excluding hydrogens is 192 g/mol. The zero-order valence-electron chi connectivity index (χ0n) is 9.54. The molecule has 0 unspecified atom stereocenters. The van der Waals surface area contributed by atoms with Gasteiger partial charge in [-0.3, -0.25) is 5.10 Å². The summed E-state index contributed by atoms with van der Waals surface area (Å²) in [5.74, 6) is 0.295. The highest BCUT2D eigenvalue weighted by molar-refractivity contribution is 5.87. The van der Waals surface area contributed by atoms with Crippen LogP contribution in [0.15, 0.2) is 6.07 Å². The van der Waals surface area contributed by atoms with Crippen molar-refractivity contribution in [2.75, 3.05) is 6.61 Å². The Kier molecular flexibility index (Phi) is 4.34. The van der Waals surface area contributed by atoms with Crippen LogP contribution < -0.4 is 0 Å². The van der Waals surface area contributed by atoms with Crippen LogP contribution in [0.2, 0.25) is 0 Å². The molecule has 0 aliphatic carbocycles. The first-order valence-corrected chi connectivity index (χ1v) is 5.35. The van der Waals surface area contributed by atoms with E-state index in [1.807, 2.05) is 0 Å². The van der Waals surface area contributed by atoms with Crippen molar-refractivity contribution in [2.45, 2.75) is 33.6 Å². The number of carbonyl (C=O) groups excluding carboxylic acids is 1. The van der Waals surface area contributed by atoms with Crippen LogP contribution in [0.4, 0.5) is 0 Å². The predicted octanol–water partition coefficient (Wildman–Crippen LogP) is 2.18. The standard InChI is InChI=1S/C11H18N2O2/c1-4-15-11(14)10-7-9(12-13-10)6-5-8(2)3/h7-8H,4-6H2,1-3H3,(H,12,13). The zero-order chi connectivity index (χ0) is 11.3. The van der Waals surface area contributed by atoms with E-state index in [1.54, 1.807) is 13.0 Å². The van der Waals surface area contributed by atoms with Crippen LogP contribution in [0.5, 0.6) is 0 Å². The van der Waals surface area contributed by atoms with Crippen molar-refractivity contribution in [3.05, 3.63) is 17.5 Å². The van der Waals surface area contributed by atoms with Gasteiger partial charge >= 0.3 is 5.97 Å². The monoisotopic (exact) mass is 210 g/mol. The Morgan fingerprint density at radius 2 is 2.33 bits per heavy atom. The SMILES string of the molecule is CCOC(=O)c1cc(CCC(C)C)[nH]n1. The third-order valence-corrected chi connectivity index (χ3v) is 2.11. The van der Waals surface area contributed by atoms with Gasteiger partial charge in [-0.05, 0) is 31.7 Å². The van der Waals surface area contributed by atoms with E-state index in [4.69, 9.17) is 4.74 Å². The number of carbonyl (C=O) groups is 1. The Morgan fingerprint density at radius 1 is 1.60 bits per heavy atom. The summed E-state index contributed by atoms with van der Waals surface area (Å²) in [5.41, 5.74) is 1.36. The molecule has 1 N–H and O–H groups in total. The molecule has 1 rings (SSSR count). The van der Waals surface area contributed by atoms with Gasteiger partial charge in [0.2, 0.25) is 0 Å². The quantitative estimate of drug-likeness (QED) is 0.758. The van der Waals surface area contributed by atoms with E-state index in [-0.39, 0.29) is 5.97 Å². The fraction of sp³-hybridized carbons (Fsp3) is 0.636. The number of rotatable bonds is 5. The van der Waals surface area contributed by atoms with E-state index in [2.05, 4.69) is 24.0 Å². The van der Waals surface area contributed by atoms with Crippen molar-refractivity contribution in [2.24, 2.45) is 5.92 Å². The first-order valence-electron chi connectivity index (χ1n) is 5.35. The Hall–Kier alpha value is -1.32. The molecule has 0 aliphatic rings. The maximum absolute atomic E-state index is 11.3. The summed E-state index contributed by atoms with van der Waals surface area (Å²) in [6.45, 7) is 6.50. The Morgan fingerprint density at radius 3 is 2.93 bits per heavy atom. The van der Waals surface area contributed by atoms with E-state index in [0.29, 0.717) is 18.2 Å². The van der Waals surface area contributed by atoms with Crippen molar-refractivity contribution in [3.8, 4) is 0 Å². The fourth-order valence-electron chi connectivity index (χ4n) is 1.24. The third-order valence-electron chi connectivity index (χ3n) is 2.11. The first kappa shape index (κ1) is 11.8. The average Bonchev–Trinajstić information content (AvgIpc) is 2.63. The van der Waals surface area contributed by atoms with Gasteiger partial charge in [-0.15, -0.1) is 0 Å². The van der Waals surface area contributed by atoms with Crippen molar-refractivity contribution < 1.29 is 9.53 Å². The summed E-state index contributed by atoms with van der Waals surface area (Å²) in [5, 5.41) is 6.76. The van der Waals surface area contributed by atoms with E-state index in [1.165, 1.54) is 0 Å². The summed E-state index contributed by atoms with van der Waals surface area (Å²) >= 11 is 0. The Labute approximate surface area is 90.0 Å². The normalized spacial score (nSPS) is 10.7. The number of aryl methyl sites for hydroxylation is 1. The highest BCUT2D eigenvalue weighted by atomic mass is 16.5. The number of esters is 1. The second kappa shape index (κ2) is 5.53. The van der Waals surface area contributed by atoms with Crippen LogP contribution in [-0.4, -0.2) is 22.8 Å². The van der Waals surface area contributed by atoms with Crippen molar-refractivity contribution in [1.29, 1.82) is 0 Å². The number of H-pyrrole nitrogens is 1. The van der Waals surface area contributed by atoms with Crippen molar-refractivity contribution in [3.63, 3.8) is 0 Å². The van der Waals surface area contributed by atoms with Gasteiger partial charge in [0.15, 0.2) is 5.69 Å². The maximum atomic E-state index is 11.3. The molecule has 1 aromatic rings. The number of nitrogens with one attached hydrogen (secondary N) is 1. The molecule has 0 saturated heterocycles. The van der Waals surface area contributed by atoms with Gasteiger partial charge in [0, 0.05) is 5.69 Å². The summed E-state index contributed by atoms with van der Waals surface area (Å²) in [7, 11) is 0. The van der Waals surface area contributed by atoms with Gasteiger partial charge in [0.05, 0.1) is 6.61 Å². The Balaban J connectivity index is 2.52. The van der Waals surface area contributed by atoms with E-state index >= 15 is 0 Å². The molecule has 0 bridgehead atoms. The lowest BCUT2D eigenvalue weighted by atomic mass is 10.1. The number of hydrogen-bond donors (Lipinski definition) is 1. The van der Waals surface area contributed by atoms with Crippen LogP contribution in [0, 0.1) is 5.92 Å². The number of ether oxygens (including phenoxy) is 1. The van der Waals surface area contributed by atoms with Gasteiger partial charge in [0.25, 0.3) is 0 Å².